The predicted octanol–water partition coefficient (Wildman–Crippen LogP) is -0.326. The van der Waals surface area contributed by atoms with Gasteiger partial charge in [-0.15, -0.1) is 11.8 Å². The maximum Gasteiger partial charge on any atom is 0.250 e. The van der Waals surface area contributed by atoms with Crippen molar-refractivity contribution in [3.05, 3.63) is 29.8 Å². The number of hydrogen-bond acceptors (Lipinski definition) is 19. The molecule has 0 aliphatic carbocycles. The molecule has 2 aliphatic heterocycles. The fourth-order valence-corrected chi connectivity index (χ4v) is 10.2. The second kappa shape index (κ2) is 28.4. The summed E-state index contributed by atoms with van der Waals surface area (Å²) in [5.74, 6) is -7.96. The molecule has 2 unspecified atom stereocenters. The molecule has 378 valence electrons. The average Bonchev–Trinajstić information content (AvgIpc) is 4.06. The smallest absolute Gasteiger partial charge is 0.250 e. The van der Waals surface area contributed by atoms with E-state index in [1.54, 1.807) is 24.3 Å². The first-order valence-corrected chi connectivity index (χ1v) is 25.0. The van der Waals surface area contributed by atoms with Gasteiger partial charge in [-0.25, -0.2) is 0 Å². The van der Waals surface area contributed by atoms with Gasteiger partial charge in [-0.1, -0.05) is 33.7 Å². The molecule has 0 saturated carbocycles. The summed E-state index contributed by atoms with van der Waals surface area (Å²) in [6.07, 6.45) is 0.0316. The number of Topliss-reactive ketones (excluding diaryl/α,β-unsaturated/α-hetero) is 6. The van der Waals surface area contributed by atoms with Crippen LogP contribution in [0.4, 0.5) is 5.69 Å². The van der Waals surface area contributed by atoms with Crippen LogP contribution in [-0.4, -0.2) is 168 Å². The van der Waals surface area contributed by atoms with E-state index in [0.717, 1.165) is 64.6 Å². The highest BCUT2D eigenvalue weighted by Gasteiger charge is 2.59. The van der Waals surface area contributed by atoms with Crippen molar-refractivity contribution in [2.24, 2.45) is 5.41 Å². The Morgan fingerprint density at radius 3 is 1.91 bits per heavy atom. The molecule has 5 N–H and O–H groups in total. The van der Waals surface area contributed by atoms with Crippen LogP contribution < -0.4 is 26.6 Å². The summed E-state index contributed by atoms with van der Waals surface area (Å²) < 4.78 is 14.5. The van der Waals surface area contributed by atoms with E-state index in [-0.39, 0.29) is 95.7 Å². The molecule has 1 aromatic rings. The number of aryl methyl sites for hydroxylation is 1. The molecule has 1 aromatic carbocycles. The third-order valence-electron chi connectivity index (χ3n) is 10.6. The topological polar surface area (TPSA) is 313 Å². The Labute approximate surface area is 410 Å². The van der Waals surface area contributed by atoms with Crippen LogP contribution in [0.3, 0.4) is 0 Å². The van der Waals surface area contributed by atoms with Crippen molar-refractivity contribution in [2.45, 2.75) is 81.6 Å². The van der Waals surface area contributed by atoms with E-state index in [0.29, 0.717) is 12.1 Å². The summed E-state index contributed by atoms with van der Waals surface area (Å²) >= 11 is 0.940. The van der Waals surface area contributed by atoms with Gasteiger partial charge in [0.15, 0.2) is 38.8 Å². The molecule has 0 spiro atoms. The Bertz CT molecular complexity index is 2100. The van der Waals surface area contributed by atoms with Gasteiger partial charge in [0.05, 0.1) is 37.7 Å². The van der Waals surface area contributed by atoms with Gasteiger partial charge in [0.2, 0.25) is 46.8 Å². The van der Waals surface area contributed by atoms with E-state index in [1.165, 1.54) is 14.0 Å². The number of benzene rings is 1. The van der Waals surface area contributed by atoms with Gasteiger partial charge in [-0.05, 0) is 51.8 Å². The molecule has 2 aliphatic rings. The lowest BCUT2D eigenvalue weighted by Crippen LogP contribution is -2.50. The lowest BCUT2D eigenvalue weighted by Gasteiger charge is -2.23. The number of nitrogens with zero attached hydrogens (tertiary/aromatic N) is 1. The maximum atomic E-state index is 13.6. The van der Waals surface area contributed by atoms with Crippen molar-refractivity contribution in [2.75, 3.05) is 77.4 Å². The molecule has 2 heterocycles. The van der Waals surface area contributed by atoms with E-state index in [1.807, 2.05) is 0 Å². The second-order valence-corrected chi connectivity index (χ2v) is 19.7. The first kappa shape index (κ1) is 58.0. The minimum absolute atomic E-state index is 0.0362. The third-order valence-corrected chi connectivity index (χ3v) is 14.9. The van der Waals surface area contributed by atoms with Gasteiger partial charge in [-0.2, -0.15) is 0 Å². The number of anilines is 1. The first-order valence-electron chi connectivity index (χ1n) is 21.8. The Kier molecular flexibility index (Phi) is 23.8. The van der Waals surface area contributed by atoms with E-state index < -0.39 is 98.2 Å². The highest BCUT2D eigenvalue weighted by Crippen LogP contribution is 2.66. The van der Waals surface area contributed by atoms with Crippen LogP contribution in [0.5, 0.6) is 0 Å². The zero-order chi connectivity index (χ0) is 51.3. The fraction of sp³-hybridized carbons (Fsp3) is 0.568. The van der Waals surface area contributed by atoms with Crippen LogP contribution in [0.15, 0.2) is 24.3 Å². The van der Waals surface area contributed by atoms with Gasteiger partial charge >= 0.3 is 0 Å². The lowest BCUT2D eigenvalue weighted by molar-refractivity contribution is -0.154. The number of nitrogens with one attached hydrogen (secondary N) is 5. The summed E-state index contributed by atoms with van der Waals surface area (Å²) in [4.78, 5) is 163. The average molecular weight is 1020 g/mol. The van der Waals surface area contributed by atoms with Crippen LogP contribution in [-0.2, 0) is 83.0 Å². The Morgan fingerprint density at radius 1 is 0.725 bits per heavy atom. The van der Waals surface area contributed by atoms with Crippen LogP contribution in [0.2, 0.25) is 0 Å². The van der Waals surface area contributed by atoms with Crippen LogP contribution in [0, 0.1) is 5.41 Å². The highest BCUT2D eigenvalue weighted by molar-refractivity contribution is 8.94. The number of ketones is 6. The SMILES string of the molecule is CNC(=O)CCNC(=O)CCc1ccc(NC(=O)COCC(=O)NC(CSC2CC(=O)N(CCC(=O)NCCOCCOCCC(=O)C(C(C)=O)(C(C)=O)C(C)=O)C2=O)C(=O)C2(C(C)=O)SS2)cc1. The number of hydrogen-bond donors (Lipinski definition) is 5. The molecule has 0 bridgehead atoms. The maximum absolute atomic E-state index is 13.6. The fourth-order valence-electron chi connectivity index (χ4n) is 6.84. The first-order chi connectivity index (χ1) is 32.7. The van der Waals surface area contributed by atoms with Crippen molar-refractivity contribution >= 4 is 115 Å². The van der Waals surface area contributed by atoms with Gasteiger partial charge in [0.1, 0.15) is 13.2 Å². The van der Waals surface area contributed by atoms with Crippen LogP contribution >= 0.6 is 33.3 Å². The molecular weight excluding hydrogens is 965 g/mol. The molecule has 7 amide bonds. The number of thioether (sulfide) groups is 1. The molecule has 0 aromatic heterocycles. The largest absolute Gasteiger partial charge is 0.379 e. The summed E-state index contributed by atoms with van der Waals surface area (Å²) in [6, 6.07) is 5.46. The molecule has 69 heavy (non-hydrogen) atoms. The van der Waals surface area contributed by atoms with Crippen molar-refractivity contribution in [3.63, 3.8) is 0 Å². The highest BCUT2D eigenvalue weighted by atomic mass is 33.2. The summed E-state index contributed by atoms with van der Waals surface area (Å²) in [7, 11) is 3.57. The van der Waals surface area contributed by atoms with E-state index in [4.69, 9.17) is 14.2 Å². The summed E-state index contributed by atoms with van der Waals surface area (Å²) in [5.41, 5.74) is -1.06. The molecule has 22 nitrogen and oxygen atoms in total. The number of carbonyl (C=O) groups is 13. The van der Waals surface area contributed by atoms with Gasteiger partial charge < -0.3 is 40.8 Å². The number of carbonyl (C=O) groups excluding carboxylic acids is 13. The molecule has 3 rings (SSSR count). The normalized spacial score (nSPS) is 15.4. The van der Waals surface area contributed by atoms with E-state index in [2.05, 4.69) is 26.6 Å². The Balaban J connectivity index is 1.37. The van der Waals surface area contributed by atoms with Crippen LogP contribution in [0.25, 0.3) is 0 Å². The van der Waals surface area contributed by atoms with E-state index in [9.17, 15) is 62.3 Å². The van der Waals surface area contributed by atoms with Gasteiger partial charge in [0, 0.05) is 70.2 Å². The van der Waals surface area contributed by atoms with Crippen molar-refractivity contribution in [1.29, 1.82) is 0 Å². The van der Waals surface area contributed by atoms with E-state index >= 15 is 0 Å². The molecular formula is C44H58N6O16S3. The predicted molar refractivity (Wildman–Crippen MR) is 252 cm³/mol. The summed E-state index contributed by atoms with van der Waals surface area (Å²) in [5, 5.41) is 12.0. The zero-order valence-corrected chi connectivity index (χ0v) is 41.4. The number of rotatable bonds is 34. The molecule has 2 fully saturated rings. The van der Waals surface area contributed by atoms with Crippen molar-refractivity contribution in [3.8, 4) is 0 Å². The second-order valence-electron chi connectivity index (χ2n) is 15.7. The molecule has 25 heteroatoms. The van der Waals surface area contributed by atoms with Crippen LogP contribution in [0.1, 0.15) is 65.4 Å². The third kappa shape index (κ3) is 17.5. The monoisotopic (exact) mass is 1020 g/mol. The Morgan fingerprint density at radius 2 is 1.32 bits per heavy atom. The zero-order valence-electron chi connectivity index (χ0n) is 39.0. The Hall–Kier alpha value is -5.34. The van der Waals surface area contributed by atoms with Crippen molar-refractivity contribution in [1.82, 2.24) is 26.2 Å². The number of likely N-dealkylation sites (tertiary alicyclic amines) is 1. The standard InChI is InChI=1S/C44H58N6O16S3/c1-26(51)43(27(2)52,28(3)53)34(55)14-18-64-20-21-65-19-16-47-37(58)13-17-50-40(61)22-33(42(50)63)67-25-32(41(62)44(29(4)54)68-69-44)49-39(60)24-66-23-38(59)48-31-9-6-30(7-10-31)8-11-36(57)46-15-12-35(56)45-5/h6-7,9-10,32-33H,8,11-25H2,1-5H3,(H,45,56)(H,46,57)(H,47,58)(H,48,59)(H,49,60). The quantitative estimate of drug-likeness (QED) is 0.0194. The van der Waals surface area contributed by atoms with Gasteiger partial charge in [-0.3, -0.25) is 67.2 Å². The molecule has 2 atom stereocenters. The molecule has 2 saturated heterocycles. The minimum Gasteiger partial charge on any atom is -0.379 e. The lowest BCUT2D eigenvalue weighted by atomic mass is 9.72. The van der Waals surface area contributed by atoms with Gasteiger partial charge in [0.25, 0.3) is 0 Å². The summed E-state index contributed by atoms with van der Waals surface area (Å²) in [6.45, 7) is 3.24. The number of amides is 7. The number of imide groups is 1. The molecule has 0 radical (unpaired) electrons. The van der Waals surface area contributed by atoms with Crippen molar-refractivity contribution < 1.29 is 76.5 Å². The minimum atomic E-state index is -2.33. The number of ether oxygens (including phenoxy) is 3.